The van der Waals surface area contributed by atoms with Crippen LogP contribution in [0.25, 0.3) is 0 Å². The Morgan fingerprint density at radius 2 is 2.04 bits per heavy atom. The van der Waals surface area contributed by atoms with E-state index in [9.17, 15) is 18.0 Å². The van der Waals surface area contributed by atoms with Crippen molar-refractivity contribution in [1.29, 1.82) is 5.26 Å². The molecule has 0 aromatic heterocycles. The number of carboxylic acids is 1. The van der Waals surface area contributed by atoms with Gasteiger partial charge in [0.2, 0.25) is 0 Å². The first-order chi connectivity index (χ1) is 11.8. The minimum absolute atomic E-state index is 0.0235. The lowest BCUT2D eigenvalue weighted by atomic mass is 10.00. The highest BCUT2D eigenvalue weighted by Crippen LogP contribution is 2.38. The average Bonchev–Trinajstić information content (AvgIpc) is 2.58. The van der Waals surface area contributed by atoms with Crippen molar-refractivity contribution in [2.45, 2.75) is 32.0 Å². The van der Waals surface area contributed by atoms with Crippen LogP contribution in [-0.2, 0) is 11.0 Å². The molecule has 25 heavy (non-hydrogen) atoms. The lowest BCUT2D eigenvalue weighted by Crippen LogP contribution is -2.47. The maximum absolute atomic E-state index is 13.3. The van der Waals surface area contributed by atoms with Crippen molar-refractivity contribution in [2.75, 3.05) is 31.1 Å². The Labute approximate surface area is 144 Å². The van der Waals surface area contributed by atoms with Gasteiger partial charge in [-0.2, -0.15) is 18.4 Å². The molecular weight excluding hydrogens is 335 g/mol. The van der Waals surface area contributed by atoms with Crippen LogP contribution in [0.4, 0.5) is 18.9 Å². The van der Waals surface area contributed by atoms with Crippen LogP contribution in [0.3, 0.4) is 0 Å². The van der Waals surface area contributed by atoms with Crippen molar-refractivity contribution in [3.05, 3.63) is 29.3 Å². The van der Waals surface area contributed by atoms with E-state index in [1.54, 1.807) is 11.0 Å². The molecular formula is C17H20F3N3O2. The SMILES string of the molecule is CCN(CC(=O)O)C1CCN(c2ccc(C#N)cc2C(F)(F)F)CC1. The second kappa shape index (κ2) is 7.74. The number of alkyl halides is 3. The van der Waals surface area contributed by atoms with Gasteiger partial charge in [0.15, 0.2) is 0 Å². The van der Waals surface area contributed by atoms with Crippen LogP contribution in [0.1, 0.15) is 30.9 Å². The van der Waals surface area contributed by atoms with Gasteiger partial charge in [-0.1, -0.05) is 6.92 Å². The van der Waals surface area contributed by atoms with Crippen molar-refractivity contribution in [1.82, 2.24) is 4.90 Å². The van der Waals surface area contributed by atoms with E-state index < -0.39 is 17.7 Å². The minimum Gasteiger partial charge on any atom is -0.480 e. The molecule has 2 rings (SSSR count). The fourth-order valence-electron chi connectivity index (χ4n) is 3.25. The third kappa shape index (κ3) is 4.63. The number of halogens is 3. The van der Waals surface area contributed by atoms with Crippen LogP contribution >= 0.6 is 0 Å². The van der Waals surface area contributed by atoms with E-state index in [1.807, 2.05) is 11.8 Å². The normalized spacial score (nSPS) is 16.1. The third-order valence-electron chi connectivity index (χ3n) is 4.50. The first kappa shape index (κ1) is 19.1. The first-order valence-electron chi connectivity index (χ1n) is 8.08. The molecule has 0 atom stereocenters. The summed E-state index contributed by atoms with van der Waals surface area (Å²) in [6, 6.07) is 5.39. The van der Waals surface area contributed by atoms with Gasteiger partial charge in [0, 0.05) is 24.8 Å². The number of rotatable bonds is 5. The maximum Gasteiger partial charge on any atom is 0.418 e. The number of likely N-dealkylation sites (N-methyl/N-ethyl adjacent to an activating group) is 1. The number of carbonyl (C=O) groups is 1. The molecule has 5 nitrogen and oxygen atoms in total. The Bertz CT molecular complexity index is 662. The van der Waals surface area contributed by atoms with Crippen LogP contribution in [-0.4, -0.2) is 48.2 Å². The van der Waals surface area contributed by atoms with Crippen LogP contribution in [0.15, 0.2) is 18.2 Å². The molecule has 0 spiro atoms. The number of carboxylic acid groups (broad SMARTS) is 1. The fraction of sp³-hybridized carbons (Fsp3) is 0.529. The molecule has 136 valence electrons. The van der Waals surface area contributed by atoms with E-state index >= 15 is 0 Å². The number of hydrogen-bond acceptors (Lipinski definition) is 4. The molecule has 0 bridgehead atoms. The van der Waals surface area contributed by atoms with E-state index in [-0.39, 0.29) is 23.8 Å². The minimum atomic E-state index is -4.53. The molecule has 1 aromatic carbocycles. The summed E-state index contributed by atoms with van der Waals surface area (Å²) < 4.78 is 39.9. The van der Waals surface area contributed by atoms with Gasteiger partial charge in [-0.3, -0.25) is 9.69 Å². The van der Waals surface area contributed by atoms with Crippen molar-refractivity contribution in [3.63, 3.8) is 0 Å². The Hall–Kier alpha value is -2.27. The second-order valence-electron chi connectivity index (χ2n) is 6.02. The fourth-order valence-corrected chi connectivity index (χ4v) is 3.25. The van der Waals surface area contributed by atoms with Gasteiger partial charge in [0.05, 0.1) is 23.7 Å². The van der Waals surface area contributed by atoms with E-state index in [0.29, 0.717) is 32.5 Å². The van der Waals surface area contributed by atoms with Gasteiger partial charge in [-0.05, 0) is 37.6 Å². The quantitative estimate of drug-likeness (QED) is 0.880. The van der Waals surface area contributed by atoms with Gasteiger partial charge < -0.3 is 10.0 Å². The van der Waals surface area contributed by atoms with Crippen LogP contribution in [0.5, 0.6) is 0 Å². The third-order valence-corrected chi connectivity index (χ3v) is 4.50. The predicted octanol–water partition coefficient (Wildman–Crippen LogP) is 2.95. The molecule has 1 saturated heterocycles. The molecule has 0 aliphatic carbocycles. The number of nitriles is 1. The number of aliphatic carboxylic acids is 1. The predicted molar refractivity (Wildman–Crippen MR) is 86.3 cm³/mol. The highest BCUT2D eigenvalue weighted by atomic mass is 19.4. The zero-order valence-corrected chi connectivity index (χ0v) is 13.9. The average molecular weight is 355 g/mol. The molecule has 1 fully saturated rings. The summed E-state index contributed by atoms with van der Waals surface area (Å²) in [6.45, 7) is 3.22. The number of piperidine rings is 1. The zero-order chi connectivity index (χ0) is 18.6. The Morgan fingerprint density at radius 1 is 1.40 bits per heavy atom. The van der Waals surface area contributed by atoms with Crippen LogP contribution in [0.2, 0.25) is 0 Å². The van der Waals surface area contributed by atoms with Crippen molar-refractivity contribution >= 4 is 11.7 Å². The van der Waals surface area contributed by atoms with Gasteiger partial charge >= 0.3 is 12.1 Å². The largest absolute Gasteiger partial charge is 0.480 e. The number of nitrogens with zero attached hydrogens (tertiary/aromatic N) is 3. The number of benzene rings is 1. The van der Waals surface area contributed by atoms with E-state index in [4.69, 9.17) is 10.4 Å². The summed E-state index contributed by atoms with van der Waals surface area (Å²) >= 11 is 0. The topological polar surface area (TPSA) is 67.6 Å². The molecule has 0 saturated carbocycles. The summed E-state index contributed by atoms with van der Waals surface area (Å²) in [6.07, 6.45) is -3.34. The Morgan fingerprint density at radius 3 is 2.52 bits per heavy atom. The highest BCUT2D eigenvalue weighted by Gasteiger charge is 2.36. The van der Waals surface area contributed by atoms with Gasteiger partial charge in [0.25, 0.3) is 0 Å². The molecule has 1 aliphatic rings. The van der Waals surface area contributed by atoms with Gasteiger partial charge in [0.1, 0.15) is 0 Å². The van der Waals surface area contributed by atoms with Gasteiger partial charge in [-0.25, -0.2) is 0 Å². The lowest BCUT2D eigenvalue weighted by Gasteiger charge is -2.39. The van der Waals surface area contributed by atoms with E-state index in [1.165, 1.54) is 12.1 Å². The summed E-state index contributed by atoms with van der Waals surface area (Å²) in [7, 11) is 0. The summed E-state index contributed by atoms with van der Waals surface area (Å²) in [5.74, 6) is -0.907. The molecule has 0 radical (unpaired) electrons. The Balaban J connectivity index is 2.15. The first-order valence-corrected chi connectivity index (χ1v) is 8.08. The Kier molecular flexibility index (Phi) is 5.90. The molecule has 8 heteroatoms. The van der Waals surface area contributed by atoms with E-state index in [0.717, 1.165) is 6.07 Å². The summed E-state index contributed by atoms with van der Waals surface area (Å²) in [5.41, 5.74) is -0.751. The maximum atomic E-state index is 13.3. The highest BCUT2D eigenvalue weighted by molar-refractivity contribution is 5.69. The van der Waals surface area contributed by atoms with Crippen molar-refractivity contribution < 1.29 is 23.1 Å². The van der Waals surface area contributed by atoms with Crippen LogP contribution < -0.4 is 4.90 Å². The lowest BCUT2D eigenvalue weighted by molar-refractivity contribution is -0.139. The zero-order valence-electron chi connectivity index (χ0n) is 13.9. The molecule has 1 heterocycles. The molecule has 1 aliphatic heterocycles. The van der Waals surface area contributed by atoms with Crippen molar-refractivity contribution in [2.24, 2.45) is 0 Å². The summed E-state index contributed by atoms with van der Waals surface area (Å²) in [5, 5.41) is 17.8. The van der Waals surface area contributed by atoms with Crippen molar-refractivity contribution in [3.8, 4) is 6.07 Å². The standard InChI is InChI=1S/C17H20F3N3O2/c1-2-22(11-16(24)25)13-5-7-23(8-6-13)15-4-3-12(10-21)9-14(15)17(18,19)20/h3-4,9,13H,2,5-8,11H2,1H3,(H,24,25). The van der Waals surface area contributed by atoms with Crippen LogP contribution in [0, 0.1) is 11.3 Å². The monoisotopic (exact) mass is 355 g/mol. The molecule has 0 unspecified atom stereocenters. The molecule has 1 N–H and O–H groups in total. The smallest absolute Gasteiger partial charge is 0.418 e. The molecule has 0 amide bonds. The summed E-state index contributed by atoms with van der Waals surface area (Å²) in [4.78, 5) is 14.4. The second-order valence-corrected chi connectivity index (χ2v) is 6.02. The molecule has 1 aromatic rings. The van der Waals surface area contributed by atoms with Gasteiger partial charge in [-0.15, -0.1) is 0 Å². The number of anilines is 1. The van der Waals surface area contributed by atoms with E-state index in [2.05, 4.69) is 0 Å². The number of hydrogen-bond donors (Lipinski definition) is 1.